The van der Waals surface area contributed by atoms with Crippen molar-refractivity contribution in [2.24, 2.45) is 0 Å². The van der Waals surface area contributed by atoms with Gasteiger partial charge in [0, 0.05) is 11.7 Å². The Morgan fingerprint density at radius 1 is 0.955 bits per heavy atom. The average molecular weight is 297 g/mol. The highest BCUT2D eigenvalue weighted by Crippen LogP contribution is 2.19. The smallest absolute Gasteiger partial charge is 0.119 e. The van der Waals surface area contributed by atoms with Crippen molar-refractivity contribution in [3.63, 3.8) is 0 Å². The molecule has 2 aromatic rings. The largest absolute Gasteiger partial charge is 0.497 e. The SMILES string of the molecule is CCCCC(CCc1ccccc1)Nc1ccc(OC)cc1. The maximum Gasteiger partial charge on any atom is 0.119 e. The van der Waals surface area contributed by atoms with Crippen molar-refractivity contribution in [3.8, 4) is 5.75 Å². The molecule has 1 N–H and O–H groups in total. The number of hydrogen-bond donors (Lipinski definition) is 1. The summed E-state index contributed by atoms with van der Waals surface area (Å²) in [6.07, 6.45) is 6.01. The molecule has 0 aliphatic rings. The van der Waals surface area contributed by atoms with E-state index in [2.05, 4.69) is 54.7 Å². The van der Waals surface area contributed by atoms with Crippen LogP contribution in [0.5, 0.6) is 5.75 Å². The van der Waals surface area contributed by atoms with Crippen LogP contribution < -0.4 is 10.1 Å². The molecule has 1 unspecified atom stereocenters. The Balaban J connectivity index is 1.92. The first-order valence-electron chi connectivity index (χ1n) is 8.26. The fraction of sp³-hybridized carbons (Fsp3) is 0.400. The third-order valence-electron chi connectivity index (χ3n) is 3.99. The minimum atomic E-state index is 0.522. The van der Waals surface area contributed by atoms with Crippen LogP contribution >= 0.6 is 0 Å². The minimum Gasteiger partial charge on any atom is -0.497 e. The quantitative estimate of drug-likeness (QED) is 0.678. The van der Waals surface area contributed by atoms with Crippen LogP contribution in [0.2, 0.25) is 0 Å². The first kappa shape index (κ1) is 16.4. The second kappa shape index (κ2) is 9.14. The van der Waals surface area contributed by atoms with E-state index in [1.54, 1.807) is 7.11 Å². The van der Waals surface area contributed by atoms with E-state index in [1.807, 2.05) is 12.1 Å². The van der Waals surface area contributed by atoms with Crippen molar-refractivity contribution in [2.75, 3.05) is 12.4 Å². The van der Waals surface area contributed by atoms with E-state index in [0.717, 1.165) is 18.6 Å². The molecule has 0 fully saturated rings. The van der Waals surface area contributed by atoms with Crippen molar-refractivity contribution in [1.82, 2.24) is 0 Å². The molecule has 0 bridgehead atoms. The van der Waals surface area contributed by atoms with Gasteiger partial charge in [0.05, 0.1) is 7.11 Å². The van der Waals surface area contributed by atoms with E-state index >= 15 is 0 Å². The molecule has 2 aromatic carbocycles. The van der Waals surface area contributed by atoms with Crippen LogP contribution in [0.3, 0.4) is 0 Å². The van der Waals surface area contributed by atoms with E-state index < -0.39 is 0 Å². The summed E-state index contributed by atoms with van der Waals surface area (Å²) >= 11 is 0. The standard InChI is InChI=1S/C20H27NO/c1-3-4-10-18(12-11-17-8-6-5-7-9-17)21-19-13-15-20(22-2)16-14-19/h5-9,13-16,18,21H,3-4,10-12H2,1-2H3. The number of rotatable bonds is 9. The Morgan fingerprint density at radius 2 is 1.68 bits per heavy atom. The van der Waals surface area contributed by atoms with Gasteiger partial charge in [0.2, 0.25) is 0 Å². The van der Waals surface area contributed by atoms with E-state index in [1.165, 1.54) is 30.5 Å². The molecular weight excluding hydrogens is 270 g/mol. The van der Waals surface area contributed by atoms with Gasteiger partial charge in [0.1, 0.15) is 5.75 Å². The zero-order valence-electron chi connectivity index (χ0n) is 13.7. The maximum atomic E-state index is 5.22. The Labute approximate surface area is 134 Å². The van der Waals surface area contributed by atoms with Gasteiger partial charge in [-0.3, -0.25) is 0 Å². The van der Waals surface area contributed by atoms with Gasteiger partial charge in [-0.25, -0.2) is 0 Å². The molecule has 118 valence electrons. The van der Waals surface area contributed by atoms with Gasteiger partial charge < -0.3 is 10.1 Å². The van der Waals surface area contributed by atoms with Gasteiger partial charge in [-0.2, -0.15) is 0 Å². The lowest BCUT2D eigenvalue weighted by Crippen LogP contribution is -2.20. The molecule has 1 atom stereocenters. The Hall–Kier alpha value is -1.96. The summed E-state index contributed by atoms with van der Waals surface area (Å²) < 4.78 is 5.22. The van der Waals surface area contributed by atoms with Crippen LogP contribution in [0.1, 0.15) is 38.2 Å². The van der Waals surface area contributed by atoms with Crippen LogP contribution in [0.25, 0.3) is 0 Å². The molecule has 0 heterocycles. The van der Waals surface area contributed by atoms with Crippen LogP contribution in [-0.2, 0) is 6.42 Å². The summed E-state index contributed by atoms with van der Waals surface area (Å²) in [7, 11) is 1.70. The summed E-state index contributed by atoms with van der Waals surface area (Å²) in [4.78, 5) is 0. The molecule has 0 aromatic heterocycles. The molecule has 2 nitrogen and oxygen atoms in total. The van der Waals surface area contributed by atoms with Crippen molar-refractivity contribution in [3.05, 3.63) is 60.2 Å². The van der Waals surface area contributed by atoms with E-state index in [4.69, 9.17) is 4.74 Å². The first-order chi connectivity index (χ1) is 10.8. The van der Waals surface area contributed by atoms with Crippen molar-refractivity contribution < 1.29 is 4.74 Å². The molecule has 0 amide bonds. The molecule has 0 aliphatic carbocycles. The predicted molar refractivity (Wildman–Crippen MR) is 94.7 cm³/mol. The number of unbranched alkanes of at least 4 members (excludes halogenated alkanes) is 1. The highest BCUT2D eigenvalue weighted by molar-refractivity contribution is 5.47. The molecular formula is C20H27NO. The number of ether oxygens (including phenoxy) is 1. The molecule has 0 saturated heterocycles. The van der Waals surface area contributed by atoms with Crippen molar-refractivity contribution in [2.45, 2.75) is 45.1 Å². The first-order valence-corrected chi connectivity index (χ1v) is 8.26. The zero-order valence-corrected chi connectivity index (χ0v) is 13.7. The highest BCUT2D eigenvalue weighted by atomic mass is 16.5. The lowest BCUT2D eigenvalue weighted by Gasteiger charge is -2.20. The molecule has 0 radical (unpaired) electrons. The molecule has 0 spiro atoms. The fourth-order valence-corrected chi connectivity index (χ4v) is 2.65. The Kier molecular flexibility index (Phi) is 6.82. The van der Waals surface area contributed by atoms with Crippen LogP contribution in [0, 0.1) is 0 Å². The monoisotopic (exact) mass is 297 g/mol. The van der Waals surface area contributed by atoms with E-state index in [0.29, 0.717) is 6.04 Å². The summed E-state index contributed by atoms with van der Waals surface area (Å²) in [5.41, 5.74) is 2.59. The van der Waals surface area contributed by atoms with Crippen molar-refractivity contribution in [1.29, 1.82) is 0 Å². The Morgan fingerprint density at radius 3 is 2.32 bits per heavy atom. The lowest BCUT2D eigenvalue weighted by molar-refractivity contribution is 0.415. The summed E-state index contributed by atoms with van der Waals surface area (Å²) in [6, 6.07) is 19.5. The Bertz CT molecular complexity index is 521. The molecule has 0 saturated carbocycles. The van der Waals surface area contributed by atoms with Gasteiger partial charge >= 0.3 is 0 Å². The van der Waals surface area contributed by atoms with Gasteiger partial charge in [0.25, 0.3) is 0 Å². The summed E-state index contributed by atoms with van der Waals surface area (Å²) in [5.74, 6) is 0.903. The predicted octanol–water partition coefficient (Wildman–Crippen LogP) is 5.30. The summed E-state index contributed by atoms with van der Waals surface area (Å²) in [6.45, 7) is 2.25. The number of anilines is 1. The lowest BCUT2D eigenvalue weighted by atomic mass is 10.0. The maximum absolute atomic E-state index is 5.22. The zero-order chi connectivity index (χ0) is 15.6. The van der Waals surface area contributed by atoms with Crippen molar-refractivity contribution >= 4 is 5.69 Å². The highest BCUT2D eigenvalue weighted by Gasteiger charge is 2.08. The summed E-state index contributed by atoms with van der Waals surface area (Å²) in [5, 5.41) is 3.68. The van der Waals surface area contributed by atoms with Crippen LogP contribution in [0.15, 0.2) is 54.6 Å². The number of nitrogens with one attached hydrogen (secondary N) is 1. The molecule has 0 aliphatic heterocycles. The van der Waals surface area contributed by atoms with Gasteiger partial charge in [-0.15, -0.1) is 0 Å². The van der Waals surface area contributed by atoms with Gasteiger partial charge in [-0.1, -0.05) is 50.1 Å². The number of aryl methyl sites for hydroxylation is 1. The van der Waals surface area contributed by atoms with E-state index in [-0.39, 0.29) is 0 Å². The fourth-order valence-electron chi connectivity index (χ4n) is 2.65. The topological polar surface area (TPSA) is 21.3 Å². The van der Waals surface area contributed by atoms with Crippen LogP contribution in [0.4, 0.5) is 5.69 Å². The normalized spacial score (nSPS) is 11.9. The number of benzene rings is 2. The van der Waals surface area contributed by atoms with Crippen LogP contribution in [-0.4, -0.2) is 13.2 Å². The van der Waals surface area contributed by atoms with Gasteiger partial charge in [-0.05, 0) is 49.1 Å². The third kappa shape index (κ3) is 5.44. The molecule has 22 heavy (non-hydrogen) atoms. The van der Waals surface area contributed by atoms with E-state index in [9.17, 15) is 0 Å². The van der Waals surface area contributed by atoms with Gasteiger partial charge in [0.15, 0.2) is 0 Å². The second-order valence-corrected chi connectivity index (χ2v) is 5.74. The minimum absolute atomic E-state index is 0.522. The third-order valence-corrected chi connectivity index (χ3v) is 3.99. The average Bonchev–Trinajstić information content (AvgIpc) is 2.59. The number of methoxy groups -OCH3 is 1. The molecule has 2 rings (SSSR count). The second-order valence-electron chi connectivity index (χ2n) is 5.74. The molecule has 2 heteroatoms. The number of hydrogen-bond acceptors (Lipinski definition) is 2.